The van der Waals surface area contributed by atoms with Crippen molar-refractivity contribution in [2.24, 2.45) is 10.7 Å². The fourth-order valence-electron chi connectivity index (χ4n) is 3.03. The molecule has 7 atom stereocenters. The summed E-state index contributed by atoms with van der Waals surface area (Å²) in [7, 11) is -16.7. The predicted molar refractivity (Wildman–Crippen MR) is 110 cm³/mol. The first-order valence-electron chi connectivity index (χ1n) is 8.63. The van der Waals surface area contributed by atoms with E-state index in [2.05, 4.69) is 41.1 Å². The maximum atomic E-state index is 11.9. The summed E-state index contributed by atoms with van der Waals surface area (Å²) >= 11 is 4.26. The van der Waals surface area contributed by atoms with Crippen LogP contribution in [0.4, 0.5) is 5.82 Å². The Kier molecular flexibility index (Phi) is 7.26. The van der Waals surface area contributed by atoms with E-state index in [4.69, 9.17) is 20.3 Å². The van der Waals surface area contributed by atoms with Crippen molar-refractivity contribution in [1.82, 2.24) is 9.55 Å². The second-order valence-electron chi connectivity index (χ2n) is 6.92. The maximum Gasteiger partial charge on any atom is 0.490 e. The number of guanidine groups is 1. The first kappa shape index (κ1) is 26.7. The molecule has 0 bridgehead atoms. The molecule has 1 aromatic rings. The minimum absolute atomic E-state index is 0.0898. The van der Waals surface area contributed by atoms with E-state index in [9.17, 15) is 33.7 Å². The molecular weight excluding hydrogens is 535 g/mol. The second kappa shape index (κ2) is 8.96. The highest BCUT2D eigenvalue weighted by Gasteiger charge is 2.47. The molecule has 0 amide bonds. The molecule has 2 aliphatic heterocycles. The molecule has 18 nitrogen and oxygen atoms in total. The molecule has 3 rings (SSSR count). The number of phosphoric ester groups is 1. The van der Waals surface area contributed by atoms with E-state index in [1.165, 1.54) is 17.8 Å². The quantitative estimate of drug-likeness (QED) is 0.133. The van der Waals surface area contributed by atoms with Crippen molar-refractivity contribution < 1.29 is 61.4 Å². The van der Waals surface area contributed by atoms with Gasteiger partial charge in [0.25, 0.3) is 0 Å². The lowest BCUT2D eigenvalue weighted by Crippen LogP contribution is -2.37. The highest BCUT2D eigenvalue weighted by atomic mass is 32.1. The second-order valence-corrected chi connectivity index (χ2v) is 11.9. The summed E-state index contributed by atoms with van der Waals surface area (Å²) in [5.74, 6) is 0.0463. The van der Waals surface area contributed by atoms with E-state index in [-0.39, 0.29) is 17.5 Å². The molecule has 0 aliphatic carbocycles. The van der Waals surface area contributed by atoms with Crippen molar-refractivity contribution in [1.29, 1.82) is 0 Å². The summed E-state index contributed by atoms with van der Waals surface area (Å²) in [5, 5.41) is 22.5. The van der Waals surface area contributed by atoms with Gasteiger partial charge in [-0.2, -0.15) is 21.3 Å². The summed E-state index contributed by atoms with van der Waals surface area (Å²) in [6.45, 7) is 0.453. The van der Waals surface area contributed by atoms with Crippen LogP contribution in [0.25, 0.3) is 0 Å². The van der Waals surface area contributed by atoms with Gasteiger partial charge in [-0.25, -0.2) is 23.7 Å². The number of aliphatic hydroxyl groups is 2. The van der Waals surface area contributed by atoms with Crippen molar-refractivity contribution in [2.75, 3.05) is 11.9 Å². The minimum atomic E-state index is -5.69. The van der Waals surface area contributed by atoms with Crippen LogP contribution in [0, 0.1) is 0 Å². The summed E-state index contributed by atoms with van der Waals surface area (Å²) in [5.41, 5.74) is 3.99. The van der Waals surface area contributed by atoms with Crippen LogP contribution >= 0.6 is 36.1 Å². The van der Waals surface area contributed by atoms with Gasteiger partial charge in [0, 0.05) is 0 Å². The number of imidazole rings is 1. The summed E-state index contributed by atoms with van der Waals surface area (Å²) in [4.78, 5) is 43.7. The SMILES string of the molecule is CC1(O)N=C(N)Nc2c1ncn2[C@@H]1O[C@H](COP(=O)(O)OP(=O)(O)OP(=O)(O)O)[C@@H](O)[C@H]1S. The fraction of sp³-hybridized carbons (Fsp3) is 0.636. The monoisotopic (exact) mass is 555 g/mol. The zero-order chi connectivity index (χ0) is 25.0. The van der Waals surface area contributed by atoms with Crippen LogP contribution in [0.3, 0.4) is 0 Å². The number of hydrogen-bond acceptors (Lipinski definition) is 14. The number of thiol groups is 1. The van der Waals surface area contributed by atoms with Crippen molar-refractivity contribution in [2.45, 2.75) is 36.3 Å². The Hall–Kier alpha value is -0.880. The molecule has 1 aromatic heterocycles. The molecule has 3 heterocycles. The Bertz CT molecular complexity index is 1090. The van der Waals surface area contributed by atoms with Crippen molar-refractivity contribution >= 4 is 47.9 Å². The minimum Gasteiger partial charge on any atom is -0.389 e. The fourth-order valence-corrected chi connectivity index (χ4v) is 6.46. The third kappa shape index (κ3) is 6.22. The lowest BCUT2D eigenvalue weighted by atomic mass is 10.1. The Morgan fingerprint density at radius 1 is 1.27 bits per heavy atom. The maximum absolute atomic E-state index is 11.9. The van der Waals surface area contributed by atoms with Crippen molar-refractivity contribution in [3.05, 3.63) is 12.0 Å². The van der Waals surface area contributed by atoms with E-state index < -0.39 is 59.5 Å². The van der Waals surface area contributed by atoms with E-state index >= 15 is 0 Å². The number of anilines is 1. The number of aliphatic imine (C=N–C) groups is 1. The number of aromatic nitrogens is 2. The molecular formula is C11H20N5O13P3S. The van der Waals surface area contributed by atoms with Gasteiger partial charge >= 0.3 is 23.5 Å². The molecule has 188 valence electrons. The van der Waals surface area contributed by atoms with Crippen LogP contribution in [0.2, 0.25) is 0 Å². The number of hydrogen-bond donors (Lipinski definition) is 9. The normalized spacial score (nSPS) is 33.5. The van der Waals surface area contributed by atoms with Gasteiger partial charge in [-0.05, 0) is 6.92 Å². The van der Waals surface area contributed by atoms with Crippen molar-refractivity contribution in [3.8, 4) is 0 Å². The highest BCUT2D eigenvalue weighted by molar-refractivity contribution is 7.81. The molecule has 33 heavy (non-hydrogen) atoms. The largest absolute Gasteiger partial charge is 0.490 e. The van der Waals surface area contributed by atoms with Crippen LogP contribution < -0.4 is 11.1 Å². The molecule has 22 heteroatoms. The average Bonchev–Trinajstić information content (AvgIpc) is 3.12. The van der Waals surface area contributed by atoms with Gasteiger partial charge in [-0.3, -0.25) is 9.09 Å². The molecule has 3 unspecified atom stereocenters. The summed E-state index contributed by atoms with van der Waals surface area (Å²) in [6.07, 6.45) is -2.58. The zero-order valence-electron chi connectivity index (χ0n) is 16.3. The molecule has 0 radical (unpaired) electrons. The first-order chi connectivity index (χ1) is 14.9. The number of ether oxygens (including phenoxy) is 1. The van der Waals surface area contributed by atoms with Gasteiger partial charge in [0.05, 0.1) is 24.3 Å². The molecule has 0 aromatic carbocycles. The van der Waals surface area contributed by atoms with Crippen LogP contribution in [-0.2, 0) is 37.3 Å². The van der Waals surface area contributed by atoms with E-state index in [1.54, 1.807) is 0 Å². The number of phosphoric acid groups is 3. The molecule has 0 spiro atoms. The Labute approximate surface area is 190 Å². The molecule has 0 saturated carbocycles. The summed E-state index contributed by atoms with van der Waals surface area (Å²) < 4.78 is 52.6. The number of nitrogens with zero attached hydrogens (tertiary/aromatic N) is 3. The topological polar surface area (TPSA) is 278 Å². The van der Waals surface area contributed by atoms with Crippen LogP contribution in [0.1, 0.15) is 18.8 Å². The zero-order valence-corrected chi connectivity index (χ0v) is 19.9. The number of aliphatic hydroxyl groups excluding tert-OH is 1. The highest BCUT2D eigenvalue weighted by Crippen LogP contribution is 2.66. The van der Waals surface area contributed by atoms with Crippen LogP contribution in [-0.4, -0.2) is 69.4 Å². The number of fused-ring (bicyclic) bond motifs is 1. The van der Waals surface area contributed by atoms with E-state index in [0.29, 0.717) is 0 Å². The lowest BCUT2D eigenvalue weighted by molar-refractivity contribution is -0.0427. The van der Waals surface area contributed by atoms with E-state index in [0.717, 1.165) is 0 Å². The number of nitrogens with two attached hydrogens (primary N) is 1. The number of nitrogens with one attached hydrogen (secondary N) is 1. The van der Waals surface area contributed by atoms with Gasteiger partial charge in [0.1, 0.15) is 17.6 Å². The molecule has 1 saturated heterocycles. The standard InChI is InChI=1S/C11H20N5O13P3S/c1-11(18)7-8(14-10(12)15-11)16(3-13-7)9-6(33)5(17)4(27-9)2-26-31(22,23)29-32(24,25)28-30(19,20)21/h3-6,9,17-18,33H,2H2,1H3,(H,22,23)(H,24,25)(H3,12,14,15)(H2,19,20,21)/t4-,5-,6-,9-,11?/m1/s1. The smallest absolute Gasteiger partial charge is 0.389 e. The predicted octanol–water partition coefficient (Wildman–Crippen LogP) is -1.31. The van der Waals surface area contributed by atoms with Crippen LogP contribution in [0.5, 0.6) is 0 Å². The van der Waals surface area contributed by atoms with Crippen LogP contribution in [0.15, 0.2) is 11.3 Å². The molecule has 9 N–H and O–H groups in total. The Balaban J connectivity index is 1.70. The molecule has 2 aliphatic rings. The van der Waals surface area contributed by atoms with Gasteiger partial charge in [0.2, 0.25) is 5.72 Å². The average molecular weight is 555 g/mol. The third-order valence-corrected chi connectivity index (χ3v) is 8.62. The van der Waals surface area contributed by atoms with Gasteiger partial charge in [-0.1, -0.05) is 0 Å². The van der Waals surface area contributed by atoms with Gasteiger partial charge in [-0.15, -0.1) is 0 Å². The Morgan fingerprint density at radius 2 is 1.91 bits per heavy atom. The lowest BCUT2D eigenvalue weighted by Gasteiger charge is -2.27. The van der Waals surface area contributed by atoms with Crippen molar-refractivity contribution in [3.63, 3.8) is 0 Å². The third-order valence-electron chi connectivity index (χ3n) is 4.26. The number of rotatable bonds is 8. The molecule has 1 fully saturated rings. The van der Waals surface area contributed by atoms with Gasteiger partial charge < -0.3 is 45.6 Å². The summed E-state index contributed by atoms with van der Waals surface area (Å²) in [6, 6.07) is 0. The Morgan fingerprint density at radius 3 is 2.52 bits per heavy atom. The van der Waals surface area contributed by atoms with E-state index in [1.807, 2.05) is 0 Å². The first-order valence-corrected chi connectivity index (χ1v) is 13.7. The van der Waals surface area contributed by atoms with Gasteiger partial charge in [0.15, 0.2) is 12.2 Å².